The molecule has 1 aliphatic rings. The second kappa shape index (κ2) is 4.45. The van der Waals surface area contributed by atoms with Crippen LogP contribution in [0.5, 0.6) is 0 Å². The Labute approximate surface area is 73.3 Å². The monoisotopic (exact) mass is 171 g/mol. The van der Waals surface area contributed by atoms with Gasteiger partial charge in [-0.1, -0.05) is 13.3 Å². The molecule has 1 aliphatic carbocycles. The summed E-state index contributed by atoms with van der Waals surface area (Å²) in [4.78, 5) is 10.9. The van der Waals surface area contributed by atoms with Crippen LogP contribution in [0.1, 0.15) is 39.0 Å². The highest BCUT2D eigenvalue weighted by Crippen LogP contribution is 2.19. The molecule has 0 spiro atoms. The average molecular weight is 171 g/mol. The van der Waals surface area contributed by atoms with Crippen LogP contribution >= 0.6 is 0 Å². The van der Waals surface area contributed by atoms with E-state index in [1.54, 1.807) is 6.92 Å². The minimum atomic E-state index is -0.127. The van der Waals surface area contributed by atoms with E-state index < -0.39 is 0 Å². The summed E-state index contributed by atoms with van der Waals surface area (Å²) in [5.74, 6) is -0.127. The third-order valence-corrected chi connectivity index (χ3v) is 2.33. The van der Waals surface area contributed by atoms with E-state index in [0.717, 1.165) is 19.3 Å². The topological polar surface area (TPSA) is 52.3 Å². The van der Waals surface area contributed by atoms with Crippen LogP contribution in [0.25, 0.3) is 0 Å². The highest BCUT2D eigenvalue weighted by Gasteiger charge is 2.24. The van der Waals surface area contributed by atoms with Gasteiger partial charge >= 0.3 is 5.97 Å². The molecule has 2 N–H and O–H groups in total. The molecule has 0 aromatic carbocycles. The molecule has 1 rings (SSSR count). The minimum Gasteiger partial charge on any atom is -0.461 e. The van der Waals surface area contributed by atoms with Crippen molar-refractivity contribution in [2.75, 3.05) is 0 Å². The number of carbonyl (C=O) groups excluding carboxylic acids is 1. The molecular weight excluding hydrogens is 154 g/mol. The summed E-state index contributed by atoms with van der Waals surface area (Å²) in [7, 11) is 0. The van der Waals surface area contributed by atoms with Crippen molar-refractivity contribution in [3.05, 3.63) is 0 Å². The van der Waals surface area contributed by atoms with Crippen molar-refractivity contribution in [3.8, 4) is 0 Å². The number of carbonyl (C=O) groups is 1. The van der Waals surface area contributed by atoms with Gasteiger partial charge in [0.1, 0.15) is 6.10 Å². The van der Waals surface area contributed by atoms with Gasteiger partial charge in [-0.15, -0.1) is 0 Å². The van der Waals surface area contributed by atoms with Crippen LogP contribution < -0.4 is 5.73 Å². The van der Waals surface area contributed by atoms with E-state index >= 15 is 0 Å². The number of hydrogen-bond acceptors (Lipinski definition) is 3. The maximum atomic E-state index is 10.9. The first-order valence-corrected chi connectivity index (χ1v) is 4.69. The number of rotatable bonds is 2. The van der Waals surface area contributed by atoms with Gasteiger partial charge in [-0.2, -0.15) is 0 Å². The van der Waals surface area contributed by atoms with Gasteiger partial charge in [-0.3, -0.25) is 4.79 Å². The quantitative estimate of drug-likeness (QED) is 0.635. The predicted octanol–water partition coefficient (Wildman–Crippen LogP) is 1.21. The Bertz CT molecular complexity index is 159. The van der Waals surface area contributed by atoms with Crippen molar-refractivity contribution < 1.29 is 9.53 Å². The molecule has 0 aliphatic heterocycles. The Morgan fingerprint density at radius 2 is 2.17 bits per heavy atom. The van der Waals surface area contributed by atoms with E-state index in [1.807, 2.05) is 0 Å². The molecule has 2 unspecified atom stereocenters. The Balaban J connectivity index is 2.33. The van der Waals surface area contributed by atoms with E-state index in [9.17, 15) is 4.79 Å². The first kappa shape index (κ1) is 9.52. The standard InChI is InChI=1S/C9H17NO2/c1-2-9(11)12-8-6-4-3-5-7(8)10/h7-8H,2-6,10H2,1H3. The Kier molecular flexibility index (Phi) is 3.53. The fraction of sp³-hybridized carbons (Fsp3) is 0.889. The van der Waals surface area contributed by atoms with Gasteiger partial charge in [0.25, 0.3) is 0 Å². The summed E-state index contributed by atoms with van der Waals surface area (Å²) >= 11 is 0. The maximum Gasteiger partial charge on any atom is 0.305 e. The lowest BCUT2D eigenvalue weighted by molar-refractivity contribution is -0.151. The molecule has 0 saturated heterocycles. The zero-order valence-electron chi connectivity index (χ0n) is 7.58. The highest BCUT2D eigenvalue weighted by atomic mass is 16.5. The van der Waals surface area contributed by atoms with Gasteiger partial charge in [0.2, 0.25) is 0 Å². The molecule has 1 fully saturated rings. The van der Waals surface area contributed by atoms with Crippen LogP contribution in [0.3, 0.4) is 0 Å². The number of hydrogen-bond donors (Lipinski definition) is 1. The first-order chi connectivity index (χ1) is 5.74. The van der Waals surface area contributed by atoms with Crippen molar-refractivity contribution in [2.45, 2.75) is 51.2 Å². The molecule has 1 saturated carbocycles. The van der Waals surface area contributed by atoms with Gasteiger partial charge in [0.15, 0.2) is 0 Å². The van der Waals surface area contributed by atoms with E-state index in [4.69, 9.17) is 10.5 Å². The lowest BCUT2D eigenvalue weighted by Gasteiger charge is -2.27. The van der Waals surface area contributed by atoms with Crippen LogP contribution in [0.2, 0.25) is 0 Å². The van der Waals surface area contributed by atoms with E-state index in [0.29, 0.717) is 6.42 Å². The van der Waals surface area contributed by atoms with Gasteiger partial charge in [0, 0.05) is 12.5 Å². The van der Waals surface area contributed by atoms with Crippen LogP contribution in [-0.4, -0.2) is 18.1 Å². The largest absolute Gasteiger partial charge is 0.461 e. The zero-order chi connectivity index (χ0) is 8.97. The average Bonchev–Trinajstić information content (AvgIpc) is 2.09. The molecule has 2 atom stereocenters. The molecule has 0 radical (unpaired) electrons. The third-order valence-electron chi connectivity index (χ3n) is 2.33. The van der Waals surface area contributed by atoms with Crippen LogP contribution in [-0.2, 0) is 9.53 Å². The first-order valence-electron chi connectivity index (χ1n) is 4.69. The van der Waals surface area contributed by atoms with Crippen molar-refractivity contribution >= 4 is 5.97 Å². The van der Waals surface area contributed by atoms with Crippen LogP contribution in [0.15, 0.2) is 0 Å². The molecule has 3 nitrogen and oxygen atoms in total. The lowest BCUT2D eigenvalue weighted by Crippen LogP contribution is -2.40. The second-order valence-electron chi connectivity index (χ2n) is 3.33. The van der Waals surface area contributed by atoms with E-state index in [-0.39, 0.29) is 18.1 Å². The van der Waals surface area contributed by atoms with Gasteiger partial charge in [-0.05, 0) is 19.3 Å². The van der Waals surface area contributed by atoms with Crippen molar-refractivity contribution in [2.24, 2.45) is 5.73 Å². The van der Waals surface area contributed by atoms with Gasteiger partial charge in [0.05, 0.1) is 0 Å². The van der Waals surface area contributed by atoms with Crippen LogP contribution in [0.4, 0.5) is 0 Å². The zero-order valence-corrected chi connectivity index (χ0v) is 7.58. The second-order valence-corrected chi connectivity index (χ2v) is 3.33. The van der Waals surface area contributed by atoms with Crippen molar-refractivity contribution in [3.63, 3.8) is 0 Å². The minimum absolute atomic E-state index is 0.0220. The molecule has 0 aromatic heterocycles. The van der Waals surface area contributed by atoms with E-state index in [2.05, 4.69) is 0 Å². The highest BCUT2D eigenvalue weighted by molar-refractivity contribution is 5.69. The normalized spacial score (nSPS) is 29.8. The molecule has 12 heavy (non-hydrogen) atoms. The van der Waals surface area contributed by atoms with Gasteiger partial charge in [-0.25, -0.2) is 0 Å². The molecule has 70 valence electrons. The fourth-order valence-corrected chi connectivity index (χ4v) is 1.52. The molecule has 0 heterocycles. The SMILES string of the molecule is CCC(=O)OC1CCCCC1N. The number of ether oxygens (including phenoxy) is 1. The molecule has 0 amide bonds. The summed E-state index contributed by atoms with van der Waals surface area (Å²) < 4.78 is 5.19. The van der Waals surface area contributed by atoms with Crippen molar-refractivity contribution in [1.29, 1.82) is 0 Å². The lowest BCUT2D eigenvalue weighted by atomic mass is 9.93. The van der Waals surface area contributed by atoms with Crippen LogP contribution in [0, 0.1) is 0 Å². The number of esters is 1. The smallest absolute Gasteiger partial charge is 0.305 e. The summed E-state index contributed by atoms with van der Waals surface area (Å²) in [6.07, 6.45) is 4.65. The Hall–Kier alpha value is -0.570. The van der Waals surface area contributed by atoms with Crippen molar-refractivity contribution in [1.82, 2.24) is 0 Å². The third kappa shape index (κ3) is 2.48. The number of nitrogens with two attached hydrogens (primary N) is 1. The molecule has 3 heteroatoms. The summed E-state index contributed by atoms with van der Waals surface area (Å²) in [6.45, 7) is 1.80. The van der Waals surface area contributed by atoms with Gasteiger partial charge < -0.3 is 10.5 Å². The fourth-order valence-electron chi connectivity index (χ4n) is 1.52. The predicted molar refractivity (Wildman–Crippen MR) is 46.6 cm³/mol. The van der Waals surface area contributed by atoms with E-state index in [1.165, 1.54) is 6.42 Å². The summed E-state index contributed by atoms with van der Waals surface area (Å²) in [6, 6.07) is 0.0641. The maximum absolute atomic E-state index is 10.9. The Morgan fingerprint density at radius 3 is 2.75 bits per heavy atom. The Morgan fingerprint density at radius 1 is 1.50 bits per heavy atom. The molecule has 0 bridgehead atoms. The molecular formula is C9H17NO2. The summed E-state index contributed by atoms with van der Waals surface area (Å²) in [5, 5.41) is 0. The molecule has 0 aromatic rings. The summed E-state index contributed by atoms with van der Waals surface area (Å²) in [5.41, 5.74) is 5.80.